The highest BCUT2D eigenvalue weighted by atomic mass is 32.1. The van der Waals surface area contributed by atoms with Gasteiger partial charge in [-0.25, -0.2) is 19.6 Å². The van der Waals surface area contributed by atoms with Crippen molar-refractivity contribution in [1.29, 1.82) is 0 Å². The van der Waals surface area contributed by atoms with Crippen molar-refractivity contribution in [2.45, 2.75) is 45.3 Å². The van der Waals surface area contributed by atoms with Crippen LogP contribution in [0.3, 0.4) is 0 Å². The van der Waals surface area contributed by atoms with Gasteiger partial charge in [0.2, 0.25) is 11.3 Å². The van der Waals surface area contributed by atoms with Gasteiger partial charge in [-0.2, -0.15) is 18.2 Å². The number of fused-ring (bicyclic) bond motifs is 1. The van der Waals surface area contributed by atoms with E-state index < -0.39 is 29.3 Å². The first-order valence-electron chi connectivity index (χ1n) is 14.3. The number of pyridine rings is 2. The Kier molecular flexibility index (Phi) is 8.29. The predicted octanol–water partition coefficient (Wildman–Crippen LogP) is 5.83. The summed E-state index contributed by atoms with van der Waals surface area (Å²) in [6, 6.07) is 5.71. The van der Waals surface area contributed by atoms with Crippen LogP contribution < -0.4 is 16.1 Å². The van der Waals surface area contributed by atoms with Gasteiger partial charge in [-0.1, -0.05) is 11.2 Å². The van der Waals surface area contributed by atoms with Crippen LogP contribution in [0, 0.1) is 0 Å². The van der Waals surface area contributed by atoms with Crippen LogP contribution in [-0.2, 0) is 17.5 Å². The van der Waals surface area contributed by atoms with Crippen molar-refractivity contribution < 1.29 is 32.0 Å². The molecule has 238 valence electrons. The number of amides is 2. The Morgan fingerprint density at radius 1 is 1.15 bits per heavy atom. The summed E-state index contributed by atoms with van der Waals surface area (Å²) < 4.78 is 52.6. The zero-order valence-corrected chi connectivity index (χ0v) is 25.3. The lowest BCUT2D eigenvalue weighted by Gasteiger charge is -2.14. The molecule has 1 aromatic carbocycles. The molecule has 0 spiro atoms. The van der Waals surface area contributed by atoms with Crippen molar-refractivity contribution >= 4 is 40.1 Å². The van der Waals surface area contributed by atoms with Crippen LogP contribution in [0.5, 0.6) is 0 Å². The Balaban J connectivity index is 1.48. The van der Waals surface area contributed by atoms with Gasteiger partial charge in [-0.15, -0.1) is 11.3 Å². The molecule has 2 amide bonds. The largest absolute Gasteiger partial charge is 0.462 e. The maximum Gasteiger partial charge on any atom is 0.434 e. The van der Waals surface area contributed by atoms with Gasteiger partial charge in [0.15, 0.2) is 11.5 Å². The van der Waals surface area contributed by atoms with Crippen molar-refractivity contribution in [2.75, 3.05) is 18.5 Å². The number of ether oxygens (including phenoxy) is 1. The molecule has 16 heteroatoms. The number of carbonyl (C=O) groups is 2. The van der Waals surface area contributed by atoms with E-state index in [1.807, 2.05) is 0 Å². The Bertz CT molecular complexity index is 2020. The molecule has 4 aromatic heterocycles. The van der Waals surface area contributed by atoms with Gasteiger partial charge < -0.3 is 19.1 Å². The summed E-state index contributed by atoms with van der Waals surface area (Å²) >= 11 is 0.770. The summed E-state index contributed by atoms with van der Waals surface area (Å²) in [6.45, 7) is 3.83. The number of rotatable bonds is 9. The summed E-state index contributed by atoms with van der Waals surface area (Å²) in [4.78, 5) is 51.2. The maximum atomic E-state index is 13.7. The van der Waals surface area contributed by atoms with Gasteiger partial charge in [0.1, 0.15) is 16.4 Å². The fraction of sp³-hybridized carbons (Fsp3) is 0.300. The second kappa shape index (κ2) is 12.3. The zero-order chi connectivity index (χ0) is 32.6. The second-order valence-electron chi connectivity index (χ2n) is 10.4. The lowest BCUT2D eigenvalue weighted by Crippen LogP contribution is -2.28. The lowest BCUT2D eigenvalue weighted by molar-refractivity contribution is -0.140. The quantitative estimate of drug-likeness (QED) is 0.187. The van der Waals surface area contributed by atoms with Crippen molar-refractivity contribution in [1.82, 2.24) is 30.0 Å². The van der Waals surface area contributed by atoms with E-state index in [4.69, 9.17) is 9.26 Å². The molecule has 12 nitrogen and oxygen atoms in total. The van der Waals surface area contributed by atoms with Crippen LogP contribution in [0.2, 0.25) is 0 Å². The summed E-state index contributed by atoms with van der Waals surface area (Å²) in [5, 5.41) is 10.2. The fourth-order valence-electron chi connectivity index (χ4n) is 4.81. The molecule has 0 aliphatic heterocycles. The normalized spacial score (nSPS) is 13.2. The zero-order valence-electron chi connectivity index (χ0n) is 24.5. The minimum absolute atomic E-state index is 0.0185. The van der Waals surface area contributed by atoms with Crippen LogP contribution in [-0.4, -0.2) is 49.8 Å². The third-order valence-electron chi connectivity index (χ3n) is 7.12. The molecular formula is C30H26F3N7O5S. The molecule has 2 N–H and O–H groups in total. The molecule has 1 fully saturated rings. The third-order valence-corrected chi connectivity index (χ3v) is 7.99. The highest BCUT2D eigenvalue weighted by Gasteiger charge is 2.34. The highest BCUT2D eigenvalue weighted by Crippen LogP contribution is 2.40. The number of aromatic nitrogens is 5. The Labute approximate surface area is 262 Å². The molecule has 0 bridgehead atoms. The van der Waals surface area contributed by atoms with Crippen LogP contribution in [0.25, 0.3) is 32.6 Å². The van der Waals surface area contributed by atoms with E-state index in [1.54, 1.807) is 30.5 Å². The minimum Gasteiger partial charge on any atom is -0.462 e. The number of thiazole rings is 1. The van der Waals surface area contributed by atoms with E-state index in [0.717, 1.165) is 29.6 Å². The van der Waals surface area contributed by atoms with Crippen LogP contribution >= 0.6 is 11.3 Å². The number of hydrogen-bond acceptors (Lipinski definition) is 10. The monoisotopic (exact) mass is 653 g/mol. The number of benzene rings is 1. The maximum absolute atomic E-state index is 13.7. The fourth-order valence-corrected chi connectivity index (χ4v) is 5.67. The summed E-state index contributed by atoms with van der Waals surface area (Å²) in [5.41, 5.74) is -0.460. The average Bonchev–Trinajstić information content (AvgIpc) is 3.54. The summed E-state index contributed by atoms with van der Waals surface area (Å²) in [6.07, 6.45) is 0.0325. The summed E-state index contributed by atoms with van der Waals surface area (Å²) in [5.74, 6) is 0.392. The Morgan fingerprint density at radius 3 is 2.65 bits per heavy atom. The number of carbonyl (C=O) groups excluding carboxylic acids is 2. The molecule has 46 heavy (non-hydrogen) atoms. The lowest BCUT2D eigenvalue weighted by atomic mass is 9.99. The van der Waals surface area contributed by atoms with Crippen LogP contribution in [0.1, 0.15) is 60.4 Å². The minimum atomic E-state index is -4.67. The molecule has 5 aromatic rings. The number of hydrogen-bond donors (Lipinski definition) is 2. The first-order chi connectivity index (χ1) is 22.0. The van der Waals surface area contributed by atoms with E-state index in [-0.39, 0.29) is 46.4 Å². The van der Waals surface area contributed by atoms with Gasteiger partial charge in [-0.3, -0.25) is 10.1 Å². The van der Waals surface area contributed by atoms with E-state index in [2.05, 4.69) is 30.7 Å². The van der Waals surface area contributed by atoms with E-state index in [9.17, 15) is 27.6 Å². The average molecular weight is 654 g/mol. The molecular weight excluding hydrogens is 627 g/mol. The summed E-state index contributed by atoms with van der Waals surface area (Å²) in [7, 11) is 0. The molecule has 1 saturated carbocycles. The van der Waals surface area contributed by atoms with Crippen molar-refractivity contribution in [3.63, 3.8) is 0 Å². The van der Waals surface area contributed by atoms with Gasteiger partial charge >= 0.3 is 18.2 Å². The third kappa shape index (κ3) is 6.33. The Hall–Kier alpha value is -5.12. The van der Waals surface area contributed by atoms with E-state index in [0.29, 0.717) is 34.9 Å². The molecule has 0 radical (unpaired) electrons. The van der Waals surface area contributed by atoms with Gasteiger partial charge in [0, 0.05) is 46.7 Å². The van der Waals surface area contributed by atoms with E-state index in [1.165, 1.54) is 24.5 Å². The number of urea groups is 1. The molecule has 0 unspecified atom stereocenters. The number of halogens is 3. The smallest absolute Gasteiger partial charge is 0.434 e. The first-order valence-corrected chi connectivity index (χ1v) is 15.2. The number of anilines is 1. The van der Waals surface area contributed by atoms with Gasteiger partial charge in [0.25, 0.3) is 0 Å². The molecule has 0 saturated heterocycles. The molecule has 1 aliphatic carbocycles. The van der Waals surface area contributed by atoms with Gasteiger partial charge in [0.05, 0.1) is 18.7 Å². The topological polar surface area (TPSA) is 154 Å². The van der Waals surface area contributed by atoms with E-state index >= 15 is 0 Å². The van der Waals surface area contributed by atoms with Crippen molar-refractivity contribution in [3.05, 3.63) is 75.2 Å². The number of alkyl halides is 3. The van der Waals surface area contributed by atoms with Crippen LogP contribution in [0.15, 0.2) is 51.4 Å². The molecule has 4 heterocycles. The Morgan fingerprint density at radius 2 is 1.96 bits per heavy atom. The van der Waals surface area contributed by atoms with Crippen molar-refractivity contribution in [2.24, 2.45) is 0 Å². The number of nitrogens with one attached hydrogen (secondary N) is 2. The van der Waals surface area contributed by atoms with Crippen molar-refractivity contribution in [3.8, 4) is 21.7 Å². The van der Waals surface area contributed by atoms with Crippen LogP contribution in [0.4, 0.5) is 23.8 Å². The van der Waals surface area contributed by atoms with Gasteiger partial charge in [-0.05, 0) is 50.5 Å². The molecule has 0 atom stereocenters. The number of nitrogens with zero attached hydrogens (tertiary/aromatic N) is 5. The standard InChI is InChI=1S/C30H26F3N7O5S/c1-3-34-29(43)38-23-10-17(27-36-22(14-46-27)30(31,32)33)19(11-35-23)16-7-8-21-18(9-16)25(41)20(28(42)44-4-2)12-40(21)13-24-37-26(45-39-24)15-5-6-15/h7-12,14-15H,3-6,13H2,1-2H3,(H2,34,35,38,43). The molecule has 6 rings (SSSR count). The first kappa shape index (κ1) is 30.9. The SMILES string of the molecule is CCNC(=O)Nc1cc(-c2nc(C(F)(F)F)cs2)c(-c2ccc3c(c2)c(=O)c(C(=O)OCC)cn3Cc2noc(C3CC3)n2)cn1. The molecule has 1 aliphatic rings. The number of esters is 1. The highest BCUT2D eigenvalue weighted by molar-refractivity contribution is 7.13. The second-order valence-corrected chi connectivity index (χ2v) is 11.3. The predicted molar refractivity (Wildman–Crippen MR) is 162 cm³/mol.